The maximum atomic E-state index is 5.41. The minimum absolute atomic E-state index is 0.688. The summed E-state index contributed by atoms with van der Waals surface area (Å²) in [5.41, 5.74) is 6.70. The number of allylic oxidation sites excluding steroid dienone is 1. The lowest BCUT2D eigenvalue weighted by molar-refractivity contribution is 0.691. The van der Waals surface area contributed by atoms with Crippen molar-refractivity contribution in [3.63, 3.8) is 0 Å². The van der Waals surface area contributed by atoms with Crippen LogP contribution in [0.5, 0.6) is 0 Å². The van der Waals surface area contributed by atoms with Gasteiger partial charge >= 0.3 is 0 Å². The van der Waals surface area contributed by atoms with Gasteiger partial charge in [0.25, 0.3) is 0 Å². The number of hydrogen-bond acceptors (Lipinski definition) is 1. The van der Waals surface area contributed by atoms with E-state index in [2.05, 4.69) is 26.8 Å². The largest absolute Gasteiger partial charge is 0.327 e. The molecule has 0 aromatic rings. The quantitative estimate of drug-likeness (QED) is 0.576. The van der Waals surface area contributed by atoms with E-state index in [-0.39, 0.29) is 0 Å². The molecule has 1 heteroatoms. The van der Waals surface area contributed by atoms with Crippen molar-refractivity contribution < 1.29 is 0 Å². The van der Waals surface area contributed by atoms with Crippen LogP contribution in [0.2, 0.25) is 0 Å². The molecule has 54 valence electrons. The summed E-state index contributed by atoms with van der Waals surface area (Å²) < 4.78 is 0. The van der Waals surface area contributed by atoms with Crippen molar-refractivity contribution in [1.82, 2.24) is 0 Å². The van der Waals surface area contributed by atoms with E-state index < -0.39 is 0 Å². The monoisotopic (exact) mass is 127 g/mol. The molecule has 1 atom stereocenters. The summed E-state index contributed by atoms with van der Waals surface area (Å²) in [5, 5.41) is 0. The first-order valence-electron chi connectivity index (χ1n) is 3.58. The molecule has 2 N–H and O–H groups in total. The molecule has 0 aliphatic heterocycles. The van der Waals surface area contributed by atoms with Gasteiger partial charge in [0.05, 0.1) is 0 Å². The van der Waals surface area contributed by atoms with Gasteiger partial charge in [-0.3, -0.25) is 0 Å². The first-order valence-corrected chi connectivity index (χ1v) is 3.58. The summed E-state index contributed by atoms with van der Waals surface area (Å²) in [6.07, 6.45) is 3.44. The van der Waals surface area contributed by atoms with Gasteiger partial charge in [-0.25, -0.2) is 0 Å². The Kier molecular flexibility index (Phi) is 4.41. The van der Waals surface area contributed by atoms with Gasteiger partial charge in [0.15, 0.2) is 0 Å². The second kappa shape index (κ2) is 4.57. The predicted octanol–water partition coefficient (Wildman–Crippen LogP) is 1.94. The van der Waals surface area contributed by atoms with E-state index in [1.165, 1.54) is 12.0 Å². The predicted molar refractivity (Wildman–Crippen MR) is 42.3 cm³/mol. The minimum atomic E-state index is 0.688. The Hall–Kier alpha value is -0.300. The van der Waals surface area contributed by atoms with Crippen molar-refractivity contribution in [2.24, 2.45) is 11.7 Å². The standard InChI is InChI=1S/C8H17N/c1-4-7(2)5-8(3)6-9/h5,7H,4,6,9H2,1-3H3. The van der Waals surface area contributed by atoms with Crippen LogP contribution in [0.25, 0.3) is 0 Å². The van der Waals surface area contributed by atoms with E-state index in [1.54, 1.807) is 0 Å². The van der Waals surface area contributed by atoms with E-state index in [0.717, 1.165) is 0 Å². The second-order valence-electron chi connectivity index (χ2n) is 2.60. The van der Waals surface area contributed by atoms with Crippen LogP contribution in [0.3, 0.4) is 0 Å². The van der Waals surface area contributed by atoms with Gasteiger partial charge in [-0.15, -0.1) is 0 Å². The zero-order valence-electron chi connectivity index (χ0n) is 6.65. The Balaban J connectivity index is 3.64. The van der Waals surface area contributed by atoms with Gasteiger partial charge in [0.1, 0.15) is 0 Å². The second-order valence-corrected chi connectivity index (χ2v) is 2.60. The fraction of sp³-hybridized carbons (Fsp3) is 0.750. The van der Waals surface area contributed by atoms with Crippen LogP contribution in [0, 0.1) is 5.92 Å². The zero-order valence-corrected chi connectivity index (χ0v) is 6.65. The highest BCUT2D eigenvalue weighted by Crippen LogP contribution is 2.04. The molecule has 0 amide bonds. The fourth-order valence-corrected chi connectivity index (χ4v) is 0.672. The summed E-state index contributed by atoms with van der Waals surface area (Å²) in [6, 6.07) is 0. The molecule has 0 aliphatic carbocycles. The Labute approximate surface area is 57.9 Å². The molecule has 0 aliphatic rings. The van der Waals surface area contributed by atoms with E-state index in [4.69, 9.17) is 5.73 Å². The average Bonchev–Trinajstić information content (AvgIpc) is 1.87. The lowest BCUT2D eigenvalue weighted by atomic mass is 10.1. The summed E-state index contributed by atoms with van der Waals surface area (Å²) in [7, 11) is 0. The molecule has 0 heterocycles. The minimum Gasteiger partial charge on any atom is -0.327 e. The normalized spacial score (nSPS) is 15.8. The maximum absolute atomic E-state index is 5.41. The summed E-state index contributed by atoms with van der Waals surface area (Å²) in [4.78, 5) is 0. The SMILES string of the molecule is CCC(C)C=C(C)CN. The molecule has 0 aromatic heterocycles. The third kappa shape index (κ3) is 4.22. The van der Waals surface area contributed by atoms with Crippen molar-refractivity contribution in [2.45, 2.75) is 27.2 Å². The Morgan fingerprint density at radius 1 is 1.67 bits per heavy atom. The smallest absolute Gasteiger partial charge is 0.0134 e. The molecule has 9 heavy (non-hydrogen) atoms. The lowest BCUT2D eigenvalue weighted by Crippen LogP contribution is -2.01. The van der Waals surface area contributed by atoms with E-state index in [0.29, 0.717) is 12.5 Å². The Morgan fingerprint density at radius 3 is 2.56 bits per heavy atom. The van der Waals surface area contributed by atoms with E-state index in [9.17, 15) is 0 Å². The third-order valence-corrected chi connectivity index (χ3v) is 1.53. The number of rotatable bonds is 3. The van der Waals surface area contributed by atoms with Gasteiger partial charge in [-0.1, -0.05) is 31.9 Å². The Morgan fingerprint density at radius 2 is 2.22 bits per heavy atom. The van der Waals surface area contributed by atoms with Crippen LogP contribution in [-0.4, -0.2) is 6.54 Å². The van der Waals surface area contributed by atoms with Gasteiger partial charge < -0.3 is 5.73 Å². The van der Waals surface area contributed by atoms with Crippen LogP contribution in [0.1, 0.15) is 27.2 Å². The number of nitrogens with two attached hydrogens (primary N) is 1. The highest BCUT2D eigenvalue weighted by molar-refractivity contribution is 5.00. The molecule has 0 aromatic carbocycles. The van der Waals surface area contributed by atoms with Crippen molar-refractivity contribution in [2.75, 3.05) is 6.54 Å². The number of hydrogen-bond donors (Lipinski definition) is 1. The first kappa shape index (κ1) is 8.70. The first-order chi connectivity index (χ1) is 4.20. The molecule has 0 rings (SSSR count). The van der Waals surface area contributed by atoms with Crippen LogP contribution in [0.15, 0.2) is 11.6 Å². The highest BCUT2D eigenvalue weighted by Gasteiger charge is 1.92. The average molecular weight is 127 g/mol. The molecule has 0 spiro atoms. The topological polar surface area (TPSA) is 26.0 Å². The molecule has 1 nitrogen and oxygen atoms in total. The molecule has 0 saturated heterocycles. The van der Waals surface area contributed by atoms with E-state index >= 15 is 0 Å². The third-order valence-electron chi connectivity index (χ3n) is 1.53. The van der Waals surface area contributed by atoms with Crippen LogP contribution in [0.4, 0.5) is 0 Å². The van der Waals surface area contributed by atoms with Crippen molar-refractivity contribution >= 4 is 0 Å². The van der Waals surface area contributed by atoms with Crippen molar-refractivity contribution in [1.29, 1.82) is 0 Å². The van der Waals surface area contributed by atoms with Gasteiger partial charge in [-0.2, -0.15) is 0 Å². The van der Waals surface area contributed by atoms with Gasteiger partial charge in [-0.05, 0) is 12.8 Å². The molecular weight excluding hydrogens is 110 g/mol. The zero-order chi connectivity index (χ0) is 7.28. The molecule has 0 radical (unpaired) electrons. The lowest BCUT2D eigenvalue weighted by Gasteiger charge is -2.01. The summed E-state index contributed by atoms with van der Waals surface area (Å²) in [5.74, 6) is 0.688. The fourth-order valence-electron chi connectivity index (χ4n) is 0.672. The summed E-state index contributed by atoms with van der Waals surface area (Å²) in [6.45, 7) is 7.17. The van der Waals surface area contributed by atoms with Crippen LogP contribution in [-0.2, 0) is 0 Å². The van der Waals surface area contributed by atoms with Crippen LogP contribution >= 0.6 is 0 Å². The molecular formula is C8H17N. The van der Waals surface area contributed by atoms with E-state index in [1.807, 2.05) is 0 Å². The Bertz CT molecular complexity index is 94.7. The van der Waals surface area contributed by atoms with Crippen LogP contribution < -0.4 is 5.73 Å². The van der Waals surface area contributed by atoms with Gasteiger partial charge in [0.2, 0.25) is 0 Å². The maximum Gasteiger partial charge on any atom is 0.0134 e. The molecule has 1 unspecified atom stereocenters. The van der Waals surface area contributed by atoms with Crippen molar-refractivity contribution in [3.8, 4) is 0 Å². The summed E-state index contributed by atoms with van der Waals surface area (Å²) >= 11 is 0. The highest BCUT2D eigenvalue weighted by atomic mass is 14.5. The molecule has 0 saturated carbocycles. The molecule has 0 fully saturated rings. The van der Waals surface area contributed by atoms with Crippen molar-refractivity contribution in [3.05, 3.63) is 11.6 Å². The van der Waals surface area contributed by atoms with Gasteiger partial charge in [0, 0.05) is 6.54 Å². The molecule has 0 bridgehead atoms.